The van der Waals surface area contributed by atoms with Crippen molar-refractivity contribution in [2.75, 3.05) is 0 Å². The molecular formula is C17H18N4O2. The highest BCUT2D eigenvalue weighted by molar-refractivity contribution is 5.95. The van der Waals surface area contributed by atoms with Gasteiger partial charge >= 0.3 is 0 Å². The van der Waals surface area contributed by atoms with Crippen molar-refractivity contribution < 1.29 is 9.59 Å². The van der Waals surface area contributed by atoms with Gasteiger partial charge < -0.3 is 11.1 Å². The third-order valence-electron chi connectivity index (χ3n) is 3.99. The second-order valence-corrected chi connectivity index (χ2v) is 5.53. The zero-order valence-electron chi connectivity index (χ0n) is 12.6. The molecule has 1 heterocycles. The van der Waals surface area contributed by atoms with Gasteiger partial charge in [-0.05, 0) is 37.1 Å². The van der Waals surface area contributed by atoms with Crippen LogP contribution in [0.15, 0.2) is 54.9 Å². The normalized spacial score (nSPS) is 20.2. The second-order valence-electron chi connectivity index (χ2n) is 5.53. The fourth-order valence-corrected chi connectivity index (χ4v) is 2.75. The summed E-state index contributed by atoms with van der Waals surface area (Å²) in [5, 5.41) is 7.07. The van der Waals surface area contributed by atoms with Gasteiger partial charge in [0.05, 0.1) is 11.6 Å². The van der Waals surface area contributed by atoms with Gasteiger partial charge in [0.25, 0.3) is 5.91 Å². The van der Waals surface area contributed by atoms with E-state index in [4.69, 9.17) is 5.73 Å². The van der Waals surface area contributed by atoms with Gasteiger partial charge in [0, 0.05) is 24.0 Å². The minimum Gasteiger partial charge on any atom is -0.369 e. The molecule has 0 radical (unpaired) electrons. The van der Waals surface area contributed by atoms with E-state index >= 15 is 0 Å². The molecule has 6 nitrogen and oxygen atoms in total. The third-order valence-corrected chi connectivity index (χ3v) is 3.99. The third kappa shape index (κ3) is 3.31. The van der Waals surface area contributed by atoms with Crippen molar-refractivity contribution in [2.24, 2.45) is 11.7 Å². The lowest BCUT2D eigenvalue weighted by molar-refractivity contribution is -0.122. The van der Waals surface area contributed by atoms with Gasteiger partial charge in [0.15, 0.2) is 0 Å². The minimum atomic E-state index is -0.384. The number of nitrogens with zero attached hydrogens (tertiary/aromatic N) is 2. The highest BCUT2D eigenvalue weighted by Crippen LogP contribution is 2.19. The number of carbonyl (C=O) groups excluding carboxylic acids is 2. The molecule has 1 aromatic carbocycles. The van der Waals surface area contributed by atoms with Gasteiger partial charge in [-0.1, -0.05) is 18.2 Å². The van der Waals surface area contributed by atoms with Crippen LogP contribution in [0.4, 0.5) is 0 Å². The first-order chi connectivity index (χ1) is 11.1. The standard InChI is InChI=1S/C17H18N4O2/c18-16(22)14-7-1-2-8-15(14)20-17(23)12-5-3-6-13(11-12)21-10-4-9-19-21/h1-6,9-11,14-15H,7-8H2,(H2,18,22)(H,20,23)/t14-,15-/m1/s1. The summed E-state index contributed by atoms with van der Waals surface area (Å²) in [5.74, 6) is -0.964. The van der Waals surface area contributed by atoms with Gasteiger partial charge in [-0.25, -0.2) is 4.68 Å². The molecule has 1 aromatic heterocycles. The second kappa shape index (κ2) is 6.48. The van der Waals surface area contributed by atoms with Crippen LogP contribution in [0.3, 0.4) is 0 Å². The van der Waals surface area contributed by atoms with Crippen LogP contribution in [0.25, 0.3) is 5.69 Å². The molecular weight excluding hydrogens is 292 g/mol. The Morgan fingerprint density at radius 1 is 1.22 bits per heavy atom. The molecule has 0 aliphatic heterocycles. The smallest absolute Gasteiger partial charge is 0.251 e. The topological polar surface area (TPSA) is 90.0 Å². The molecule has 3 N–H and O–H groups in total. The van der Waals surface area contributed by atoms with Crippen LogP contribution in [-0.4, -0.2) is 27.6 Å². The molecule has 0 spiro atoms. The van der Waals surface area contributed by atoms with Crippen LogP contribution in [0.5, 0.6) is 0 Å². The summed E-state index contributed by atoms with van der Waals surface area (Å²) in [7, 11) is 0. The van der Waals surface area contributed by atoms with Crippen LogP contribution >= 0.6 is 0 Å². The van der Waals surface area contributed by atoms with Gasteiger partial charge in [-0.3, -0.25) is 9.59 Å². The molecule has 3 rings (SSSR count). The number of allylic oxidation sites excluding steroid dienone is 1. The zero-order chi connectivity index (χ0) is 16.2. The average Bonchev–Trinajstić information content (AvgIpc) is 3.10. The SMILES string of the molecule is NC(=O)[C@@H]1CC=CC[C@H]1NC(=O)c1cccc(-n2cccn2)c1. The predicted octanol–water partition coefficient (Wildman–Crippen LogP) is 1.42. The number of nitrogens with one attached hydrogen (secondary N) is 1. The van der Waals surface area contributed by atoms with Crippen molar-refractivity contribution in [1.82, 2.24) is 15.1 Å². The molecule has 23 heavy (non-hydrogen) atoms. The molecule has 0 saturated heterocycles. The van der Waals surface area contributed by atoms with E-state index in [9.17, 15) is 9.59 Å². The van der Waals surface area contributed by atoms with E-state index in [1.54, 1.807) is 29.1 Å². The van der Waals surface area contributed by atoms with Crippen molar-refractivity contribution in [1.29, 1.82) is 0 Å². The largest absolute Gasteiger partial charge is 0.369 e. The average molecular weight is 310 g/mol. The number of nitrogens with two attached hydrogens (primary N) is 1. The van der Waals surface area contributed by atoms with Crippen LogP contribution in [0, 0.1) is 5.92 Å². The number of aromatic nitrogens is 2. The zero-order valence-corrected chi connectivity index (χ0v) is 12.6. The predicted molar refractivity (Wildman–Crippen MR) is 85.9 cm³/mol. The van der Waals surface area contributed by atoms with Crippen molar-refractivity contribution in [3.05, 3.63) is 60.4 Å². The Morgan fingerprint density at radius 3 is 2.78 bits per heavy atom. The number of amides is 2. The molecule has 2 amide bonds. The Balaban J connectivity index is 1.77. The van der Waals surface area contributed by atoms with Crippen LogP contribution < -0.4 is 11.1 Å². The highest BCUT2D eigenvalue weighted by Gasteiger charge is 2.28. The van der Waals surface area contributed by atoms with Crippen molar-refractivity contribution >= 4 is 11.8 Å². The number of benzene rings is 1. The highest BCUT2D eigenvalue weighted by atomic mass is 16.2. The summed E-state index contributed by atoms with van der Waals surface area (Å²) in [5.41, 5.74) is 6.75. The van der Waals surface area contributed by atoms with E-state index in [1.807, 2.05) is 30.5 Å². The fourth-order valence-electron chi connectivity index (χ4n) is 2.75. The van der Waals surface area contributed by atoms with Gasteiger partial charge in [-0.2, -0.15) is 5.10 Å². The fraction of sp³-hybridized carbons (Fsp3) is 0.235. The quantitative estimate of drug-likeness (QED) is 0.837. The molecule has 1 aliphatic carbocycles. The summed E-state index contributed by atoms with van der Waals surface area (Å²) in [6.07, 6.45) is 8.55. The van der Waals surface area contributed by atoms with E-state index in [-0.39, 0.29) is 23.8 Å². The lowest BCUT2D eigenvalue weighted by Gasteiger charge is -2.27. The van der Waals surface area contributed by atoms with E-state index in [2.05, 4.69) is 10.4 Å². The monoisotopic (exact) mass is 310 g/mol. The molecule has 2 atom stereocenters. The maximum Gasteiger partial charge on any atom is 0.251 e. The molecule has 0 unspecified atom stereocenters. The van der Waals surface area contributed by atoms with Crippen LogP contribution in [-0.2, 0) is 4.79 Å². The summed E-state index contributed by atoms with van der Waals surface area (Å²) in [4.78, 5) is 24.0. The molecule has 0 saturated carbocycles. The van der Waals surface area contributed by atoms with Crippen LogP contribution in [0.2, 0.25) is 0 Å². The van der Waals surface area contributed by atoms with E-state index in [0.717, 1.165) is 5.69 Å². The van der Waals surface area contributed by atoms with Crippen molar-refractivity contribution in [3.63, 3.8) is 0 Å². The molecule has 6 heteroatoms. The number of primary amides is 1. The van der Waals surface area contributed by atoms with Gasteiger partial charge in [-0.15, -0.1) is 0 Å². The first-order valence-corrected chi connectivity index (χ1v) is 7.50. The number of rotatable bonds is 4. The Labute approximate surface area is 134 Å². The van der Waals surface area contributed by atoms with E-state index in [0.29, 0.717) is 18.4 Å². The lowest BCUT2D eigenvalue weighted by atomic mass is 9.88. The first-order valence-electron chi connectivity index (χ1n) is 7.50. The number of carbonyl (C=O) groups is 2. The maximum atomic E-state index is 12.5. The molecule has 2 aromatic rings. The summed E-state index contributed by atoms with van der Waals surface area (Å²) in [6, 6.07) is 8.73. The molecule has 118 valence electrons. The van der Waals surface area contributed by atoms with Crippen molar-refractivity contribution in [3.8, 4) is 5.69 Å². The summed E-state index contributed by atoms with van der Waals surface area (Å²) < 4.78 is 1.69. The van der Waals surface area contributed by atoms with Gasteiger partial charge in [0.1, 0.15) is 0 Å². The van der Waals surface area contributed by atoms with E-state index < -0.39 is 0 Å². The first kappa shape index (κ1) is 15.0. The summed E-state index contributed by atoms with van der Waals surface area (Å²) >= 11 is 0. The Morgan fingerprint density at radius 2 is 2.04 bits per heavy atom. The maximum absolute atomic E-state index is 12.5. The Bertz CT molecular complexity index is 737. The van der Waals surface area contributed by atoms with Gasteiger partial charge in [0.2, 0.25) is 5.91 Å². The molecule has 0 fully saturated rings. The molecule has 0 bridgehead atoms. The minimum absolute atomic E-state index is 0.217. The Kier molecular flexibility index (Phi) is 4.23. The molecule has 1 aliphatic rings. The van der Waals surface area contributed by atoms with Crippen molar-refractivity contribution in [2.45, 2.75) is 18.9 Å². The van der Waals surface area contributed by atoms with Crippen LogP contribution in [0.1, 0.15) is 23.2 Å². The number of hydrogen-bond acceptors (Lipinski definition) is 3. The lowest BCUT2D eigenvalue weighted by Crippen LogP contribution is -2.46. The van der Waals surface area contributed by atoms with E-state index in [1.165, 1.54) is 0 Å². The number of hydrogen-bond donors (Lipinski definition) is 2. The Hall–Kier alpha value is -2.89. The summed E-state index contributed by atoms with van der Waals surface area (Å²) in [6.45, 7) is 0.